The lowest BCUT2D eigenvalue weighted by Gasteiger charge is -2.41. The Bertz CT molecular complexity index is 1040. The van der Waals surface area contributed by atoms with Gasteiger partial charge in [-0.1, -0.05) is 6.07 Å². The van der Waals surface area contributed by atoms with E-state index >= 15 is 0 Å². The number of benzene rings is 2. The number of carbonyl (C=O) groups is 2. The number of piperidine rings is 1. The van der Waals surface area contributed by atoms with Crippen molar-refractivity contribution in [3.05, 3.63) is 58.9 Å². The molecule has 0 radical (unpaired) electrons. The summed E-state index contributed by atoms with van der Waals surface area (Å²) < 4.78 is 30.8. The second-order valence-corrected chi connectivity index (χ2v) is 9.47. The van der Waals surface area contributed by atoms with E-state index in [9.17, 15) is 14.0 Å². The van der Waals surface area contributed by atoms with E-state index in [-0.39, 0.29) is 23.8 Å². The number of Topliss-reactive ketones (excluding diaryl/α,β-unsaturated/α-hetero) is 1. The van der Waals surface area contributed by atoms with Crippen LogP contribution in [0.3, 0.4) is 0 Å². The minimum absolute atomic E-state index is 0.0270. The van der Waals surface area contributed by atoms with Crippen LogP contribution in [-0.4, -0.2) is 63.6 Å². The van der Waals surface area contributed by atoms with Gasteiger partial charge in [-0.05, 0) is 80.7 Å². The summed E-state index contributed by atoms with van der Waals surface area (Å²) in [5, 5.41) is 2.77. The van der Waals surface area contributed by atoms with Gasteiger partial charge in [0.25, 0.3) is 0 Å². The Morgan fingerprint density at radius 1 is 1.14 bits per heavy atom. The summed E-state index contributed by atoms with van der Waals surface area (Å²) in [6, 6.07) is 9.64. The summed E-state index contributed by atoms with van der Waals surface area (Å²) in [5.74, 6) is 1.55. The summed E-state index contributed by atoms with van der Waals surface area (Å²) >= 11 is 0. The number of likely N-dealkylation sites (tertiary alicyclic amines) is 1. The van der Waals surface area contributed by atoms with Crippen LogP contribution in [0, 0.1) is 11.7 Å². The van der Waals surface area contributed by atoms with Crippen LogP contribution in [0.1, 0.15) is 53.3 Å². The van der Waals surface area contributed by atoms with Gasteiger partial charge in [0.15, 0.2) is 17.3 Å². The molecule has 2 heterocycles. The van der Waals surface area contributed by atoms with Gasteiger partial charge in [-0.15, -0.1) is 0 Å². The molecule has 4 rings (SSSR count). The lowest BCUT2D eigenvalue weighted by Crippen LogP contribution is -2.42. The van der Waals surface area contributed by atoms with Crippen LogP contribution in [0.4, 0.5) is 4.39 Å². The van der Waals surface area contributed by atoms with Crippen molar-refractivity contribution in [2.45, 2.75) is 44.3 Å². The zero-order valence-corrected chi connectivity index (χ0v) is 21.0. The minimum Gasteiger partial charge on any atom is -0.493 e. The molecule has 1 N–H and O–H groups in total. The number of hydrogen-bond acceptors (Lipinski definition) is 6. The highest BCUT2D eigenvalue weighted by molar-refractivity contribution is 5.95. The van der Waals surface area contributed by atoms with E-state index in [1.165, 1.54) is 12.1 Å². The molecule has 2 atom stereocenters. The topological polar surface area (TPSA) is 77.1 Å². The van der Waals surface area contributed by atoms with E-state index in [1.807, 2.05) is 12.1 Å². The highest BCUT2D eigenvalue weighted by Crippen LogP contribution is 2.43. The van der Waals surface area contributed by atoms with Crippen molar-refractivity contribution in [2.75, 3.05) is 40.4 Å². The van der Waals surface area contributed by atoms with Crippen LogP contribution < -0.4 is 14.8 Å². The zero-order chi connectivity index (χ0) is 25.5. The number of nitrogens with one attached hydrogen (secondary N) is 1. The highest BCUT2D eigenvalue weighted by atomic mass is 19.1. The number of ether oxygens (including phenoxy) is 3. The molecule has 1 saturated heterocycles. The molecule has 0 saturated carbocycles. The monoisotopic (exact) mass is 498 g/mol. The number of ketones is 1. The van der Waals surface area contributed by atoms with Gasteiger partial charge in [-0.2, -0.15) is 0 Å². The zero-order valence-electron chi connectivity index (χ0n) is 21.0. The normalized spacial score (nSPS) is 20.4. The first-order valence-electron chi connectivity index (χ1n) is 12.6. The van der Waals surface area contributed by atoms with E-state index in [4.69, 9.17) is 14.2 Å². The molecule has 0 aromatic heterocycles. The number of hydrogen-bond donors (Lipinski definition) is 1. The van der Waals surface area contributed by atoms with E-state index < -0.39 is 0 Å². The highest BCUT2D eigenvalue weighted by Gasteiger charge is 2.36. The van der Waals surface area contributed by atoms with Crippen LogP contribution >= 0.6 is 0 Å². The van der Waals surface area contributed by atoms with Gasteiger partial charge in [0.05, 0.1) is 20.3 Å². The first kappa shape index (κ1) is 26.1. The van der Waals surface area contributed by atoms with E-state index in [2.05, 4.69) is 10.2 Å². The smallest absolute Gasteiger partial charge is 0.207 e. The van der Waals surface area contributed by atoms with Crippen molar-refractivity contribution >= 4 is 12.2 Å². The molecule has 2 aliphatic heterocycles. The maximum absolute atomic E-state index is 13.1. The van der Waals surface area contributed by atoms with Crippen molar-refractivity contribution in [1.29, 1.82) is 0 Å². The number of amides is 1. The number of methoxy groups -OCH3 is 2. The van der Waals surface area contributed by atoms with Gasteiger partial charge in [0.2, 0.25) is 6.41 Å². The molecule has 8 heteroatoms. The van der Waals surface area contributed by atoms with Gasteiger partial charge in [-0.3, -0.25) is 9.59 Å². The number of halogens is 1. The molecule has 194 valence electrons. The molecular weight excluding hydrogens is 463 g/mol. The van der Waals surface area contributed by atoms with Crippen LogP contribution in [0.15, 0.2) is 36.4 Å². The van der Waals surface area contributed by atoms with Crippen LogP contribution in [0.5, 0.6) is 11.5 Å². The van der Waals surface area contributed by atoms with E-state index in [1.54, 1.807) is 26.4 Å². The van der Waals surface area contributed by atoms with Crippen molar-refractivity contribution in [3.8, 4) is 11.5 Å². The molecule has 2 aliphatic rings. The first-order chi connectivity index (χ1) is 17.5. The lowest BCUT2D eigenvalue weighted by atomic mass is 9.83. The van der Waals surface area contributed by atoms with Gasteiger partial charge in [0, 0.05) is 30.5 Å². The summed E-state index contributed by atoms with van der Waals surface area (Å²) in [6.45, 7) is 3.18. The Balaban J connectivity index is 1.33. The molecule has 2 aromatic carbocycles. The number of carbonyl (C=O) groups excluding carboxylic acids is 2. The average Bonchev–Trinajstić information content (AvgIpc) is 2.91. The van der Waals surface area contributed by atoms with Crippen molar-refractivity contribution in [2.24, 2.45) is 5.92 Å². The van der Waals surface area contributed by atoms with Gasteiger partial charge in [0.1, 0.15) is 11.9 Å². The molecule has 7 nitrogen and oxygen atoms in total. The van der Waals surface area contributed by atoms with E-state index in [0.717, 1.165) is 62.2 Å². The second kappa shape index (κ2) is 12.3. The molecule has 0 bridgehead atoms. The third-order valence-corrected chi connectivity index (χ3v) is 7.36. The standard InChI is InChI=1S/C28H35FN2O5/c1-34-25-10-9-22-23(28(25)35-2)16-26(36-27(22)17-30-18-32)20-11-14-31(15-12-20)13-3-4-24(33)19-5-7-21(29)8-6-19/h5-10,18,20,26-27H,3-4,11-17H2,1-2H3,(H,30,32)/t26-,27-/m0/s1. The fourth-order valence-electron chi connectivity index (χ4n) is 5.43. The Morgan fingerprint density at radius 3 is 2.56 bits per heavy atom. The van der Waals surface area contributed by atoms with Crippen molar-refractivity contribution in [1.82, 2.24) is 10.2 Å². The Kier molecular flexibility index (Phi) is 8.93. The van der Waals surface area contributed by atoms with E-state index in [0.29, 0.717) is 36.6 Å². The molecule has 0 spiro atoms. The number of fused-ring (bicyclic) bond motifs is 1. The van der Waals surface area contributed by atoms with Crippen molar-refractivity contribution < 1.29 is 28.2 Å². The van der Waals surface area contributed by atoms with Crippen molar-refractivity contribution in [3.63, 3.8) is 0 Å². The quantitative estimate of drug-likeness (QED) is 0.374. The summed E-state index contributed by atoms with van der Waals surface area (Å²) in [4.78, 5) is 25.7. The summed E-state index contributed by atoms with van der Waals surface area (Å²) in [6.07, 6.45) is 4.49. The molecule has 1 amide bonds. The van der Waals surface area contributed by atoms with Gasteiger partial charge in [-0.25, -0.2) is 4.39 Å². The summed E-state index contributed by atoms with van der Waals surface area (Å²) in [7, 11) is 3.29. The third-order valence-electron chi connectivity index (χ3n) is 7.36. The summed E-state index contributed by atoms with van der Waals surface area (Å²) in [5.41, 5.74) is 2.68. The van der Waals surface area contributed by atoms with Crippen LogP contribution in [0.2, 0.25) is 0 Å². The maximum Gasteiger partial charge on any atom is 0.207 e. The van der Waals surface area contributed by atoms with Crippen LogP contribution in [-0.2, 0) is 16.0 Å². The average molecular weight is 499 g/mol. The molecule has 2 aromatic rings. The molecule has 0 aliphatic carbocycles. The minimum atomic E-state index is -0.330. The predicted molar refractivity (Wildman–Crippen MR) is 134 cm³/mol. The van der Waals surface area contributed by atoms with Gasteiger partial charge < -0.3 is 24.4 Å². The lowest BCUT2D eigenvalue weighted by molar-refractivity contribution is -0.111. The Hall–Kier alpha value is -2.97. The molecule has 0 unspecified atom stereocenters. The fourth-order valence-corrected chi connectivity index (χ4v) is 5.43. The molecule has 1 fully saturated rings. The second-order valence-electron chi connectivity index (χ2n) is 9.47. The SMILES string of the molecule is COc1ccc2c(c1OC)C[C@@H](C1CCN(CCCC(=O)c3ccc(F)cc3)CC1)O[C@H]2CNC=O. The largest absolute Gasteiger partial charge is 0.493 e. The Morgan fingerprint density at radius 2 is 1.89 bits per heavy atom. The molecular formula is C28H35FN2O5. The predicted octanol–water partition coefficient (Wildman–Crippen LogP) is 3.95. The third kappa shape index (κ3) is 6.05. The number of nitrogens with zero attached hydrogens (tertiary/aromatic N) is 1. The maximum atomic E-state index is 13.1. The van der Waals surface area contributed by atoms with Crippen LogP contribution in [0.25, 0.3) is 0 Å². The fraction of sp³-hybridized carbons (Fsp3) is 0.500. The first-order valence-corrected chi connectivity index (χ1v) is 12.6. The Labute approximate surface area is 211 Å². The van der Waals surface area contributed by atoms with Gasteiger partial charge >= 0.3 is 0 Å². The number of rotatable bonds is 11. The molecule has 36 heavy (non-hydrogen) atoms.